The van der Waals surface area contributed by atoms with Crippen LogP contribution in [0.1, 0.15) is 22.5 Å². The van der Waals surface area contributed by atoms with E-state index in [-0.39, 0.29) is 18.0 Å². The van der Waals surface area contributed by atoms with Gasteiger partial charge >= 0.3 is 0 Å². The number of carbonyl (C=O) groups excluding carboxylic acids is 1. The SMILES string of the molecule is Cc1ncccc1C(=O)N[C@@H]1C[C@@H](Oc2cccc(F)c2)[C@H](O)[C@H]1N1CCOCC1. The average molecular weight is 415 g/mol. The molecule has 1 saturated heterocycles. The molecular weight excluding hydrogens is 389 g/mol. The van der Waals surface area contributed by atoms with E-state index in [1.165, 1.54) is 12.1 Å². The molecule has 7 nitrogen and oxygen atoms in total. The summed E-state index contributed by atoms with van der Waals surface area (Å²) in [4.78, 5) is 19.2. The maximum Gasteiger partial charge on any atom is 0.253 e. The number of nitrogens with zero attached hydrogens (tertiary/aromatic N) is 2. The molecule has 8 heteroatoms. The van der Waals surface area contributed by atoms with E-state index in [0.717, 1.165) is 0 Å². The van der Waals surface area contributed by atoms with Gasteiger partial charge in [-0.25, -0.2) is 4.39 Å². The van der Waals surface area contributed by atoms with Gasteiger partial charge in [-0.05, 0) is 31.2 Å². The lowest BCUT2D eigenvalue weighted by Gasteiger charge is -2.37. The summed E-state index contributed by atoms with van der Waals surface area (Å²) in [7, 11) is 0. The second-order valence-electron chi connectivity index (χ2n) is 7.70. The van der Waals surface area contributed by atoms with Crippen molar-refractivity contribution in [3.63, 3.8) is 0 Å². The summed E-state index contributed by atoms with van der Waals surface area (Å²) in [6, 6.07) is 8.65. The van der Waals surface area contributed by atoms with Gasteiger partial charge < -0.3 is 19.9 Å². The van der Waals surface area contributed by atoms with Crippen molar-refractivity contribution < 1.29 is 23.8 Å². The van der Waals surface area contributed by atoms with Gasteiger partial charge in [-0.1, -0.05) is 6.07 Å². The first kappa shape index (κ1) is 20.7. The first-order valence-corrected chi connectivity index (χ1v) is 10.2. The van der Waals surface area contributed by atoms with Crippen LogP contribution in [0.25, 0.3) is 0 Å². The standard InChI is InChI=1S/C22H26FN3O4/c1-14-17(6-3-7-24-14)22(28)25-18-13-19(30-16-5-2-4-15(23)12-16)21(27)20(18)26-8-10-29-11-9-26/h2-7,12,18-21,27H,8-11,13H2,1H3,(H,25,28)/t18-,19-,20+,21+/m1/s1. The molecule has 0 bridgehead atoms. The topological polar surface area (TPSA) is 83.9 Å². The number of carbonyl (C=O) groups is 1. The Morgan fingerprint density at radius 1 is 1.30 bits per heavy atom. The van der Waals surface area contributed by atoms with Crippen molar-refractivity contribution in [3.8, 4) is 5.75 Å². The third-order valence-electron chi connectivity index (χ3n) is 5.75. The van der Waals surface area contributed by atoms with E-state index in [2.05, 4.69) is 15.2 Å². The summed E-state index contributed by atoms with van der Waals surface area (Å²) in [6.45, 7) is 4.25. The molecule has 1 aliphatic carbocycles. The smallest absolute Gasteiger partial charge is 0.253 e. The van der Waals surface area contributed by atoms with E-state index in [1.807, 2.05) is 0 Å². The van der Waals surface area contributed by atoms with Crippen LogP contribution in [0.2, 0.25) is 0 Å². The van der Waals surface area contributed by atoms with Gasteiger partial charge in [0.25, 0.3) is 5.91 Å². The van der Waals surface area contributed by atoms with Crippen LogP contribution in [-0.2, 0) is 4.74 Å². The lowest BCUT2D eigenvalue weighted by molar-refractivity contribution is -0.0350. The molecule has 0 unspecified atom stereocenters. The van der Waals surface area contributed by atoms with E-state index >= 15 is 0 Å². The van der Waals surface area contributed by atoms with Crippen LogP contribution in [0, 0.1) is 12.7 Å². The highest BCUT2D eigenvalue weighted by Crippen LogP contribution is 2.30. The van der Waals surface area contributed by atoms with Crippen molar-refractivity contribution >= 4 is 5.91 Å². The predicted octanol–water partition coefficient (Wildman–Crippen LogP) is 1.54. The van der Waals surface area contributed by atoms with Crippen LogP contribution in [0.15, 0.2) is 42.6 Å². The maximum absolute atomic E-state index is 13.6. The number of rotatable bonds is 5. The second-order valence-corrected chi connectivity index (χ2v) is 7.70. The Kier molecular flexibility index (Phi) is 6.26. The second kappa shape index (κ2) is 9.07. The summed E-state index contributed by atoms with van der Waals surface area (Å²) >= 11 is 0. The molecule has 1 aromatic heterocycles. The first-order valence-electron chi connectivity index (χ1n) is 10.2. The molecular formula is C22H26FN3O4. The third-order valence-corrected chi connectivity index (χ3v) is 5.75. The fraction of sp³-hybridized carbons (Fsp3) is 0.455. The van der Waals surface area contributed by atoms with Gasteiger partial charge in [-0.2, -0.15) is 0 Å². The molecule has 1 aliphatic heterocycles. The highest BCUT2D eigenvalue weighted by atomic mass is 19.1. The van der Waals surface area contributed by atoms with E-state index in [4.69, 9.17) is 9.47 Å². The number of hydrogen-bond acceptors (Lipinski definition) is 6. The Labute approximate surface area is 174 Å². The summed E-state index contributed by atoms with van der Waals surface area (Å²) in [5.41, 5.74) is 1.14. The number of benzene rings is 1. The number of aliphatic hydroxyl groups excluding tert-OH is 1. The van der Waals surface area contributed by atoms with Crippen LogP contribution < -0.4 is 10.1 Å². The van der Waals surface area contributed by atoms with Crippen molar-refractivity contribution in [2.45, 2.75) is 37.6 Å². The number of amides is 1. The molecule has 4 atom stereocenters. The summed E-state index contributed by atoms with van der Waals surface area (Å²) in [5, 5.41) is 14.1. The maximum atomic E-state index is 13.6. The lowest BCUT2D eigenvalue weighted by Crippen LogP contribution is -2.56. The fourth-order valence-corrected chi connectivity index (χ4v) is 4.28. The number of nitrogens with one attached hydrogen (secondary N) is 1. The minimum Gasteiger partial charge on any atom is -0.487 e. The lowest BCUT2D eigenvalue weighted by atomic mass is 10.1. The number of pyridine rings is 1. The van der Waals surface area contributed by atoms with Crippen LogP contribution in [-0.4, -0.2) is 71.5 Å². The average Bonchev–Trinajstić information content (AvgIpc) is 3.03. The van der Waals surface area contributed by atoms with Gasteiger partial charge in [0.1, 0.15) is 23.8 Å². The van der Waals surface area contributed by atoms with E-state index in [9.17, 15) is 14.3 Å². The molecule has 4 rings (SSSR count). The first-order chi connectivity index (χ1) is 14.5. The Morgan fingerprint density at radius 2 is 2.10 bits per heavy atom. The van der Waals surface area contributed by atoms with Gasteiger partial charge in [0.15, 0.2) is 0 Å². The zero-order valence-electron chi connectivity index (χ0n) is 16.8. The van der Waals surface area contributed by atoms with E-state index in [0.29, 0.717) is 49.7 Å². The number of hydrogen-bond donors (Lipinski definition) is 2. The highest BCUT2D eigenvalue weighted by molar-refractivity contribution is 5.95. The molecule has 2 aromatic rings. The molecule has 0 spiro atoms. The molecule has 160 valence electrons. The minimum atomic E-state index is -0.841. The zero-order valence-corrected chi connectivity index (χ0v) is 16.8. The van der Waals surface area contributed by atoms with Crippen LogP contribution >= 0.6 is 0 Å². The van der Waals surface area contributed by atoms with Gasteiger partial charge in [0, 0.05) is 37.5 Å². The molecule has 2 heterocycles. The van der Waals surface area contributed by atoms with Crippen LogP contribution in [0.3, 0.4) is 0 Å². The van der Waals surface area contributed by atoms with Gasteiger partial charge in [-0.3, -0.25) is 14.7 Å². The van der Waals surface area contributed by atoms with Crippen molar-refractivity contribution in [3.05, 3.63) is 59.7 Å². The fourth-order valence-electron chi connectivity index (χ4n) is 4.28. The number of ether oxygens (including phenoxy) is 2. The molecule has 30 heavy (non-hydrogen) atoms. The van der Waals surface area contributed by atoms with Crippen LogP contribution in [0.4, 0.5) is 4.39 Å². The highest BCUT2D eigenvalue weighted by Gasteiger charge is 2.47. The van der Waals surface area contributed by atoms with Crippen molar-refractivity contribution in [1.82, 2.24) is 15.2 Å². The summed E-state index contributed by atoms with van der Waals surface area (Å²) < 4.78 is 24.9. The zero-order chi connectivity index (χ0) is 21.1. The molecule has 1 aromatic carbocycles. The number of aliphatic hydroxyl groups is 1. The number of aryl methyl sites for hydroxylation is 1. The van der Waals surface area contributed by atoms with E-state index < -0.39 is 18.0 Å². The Hall–Kier alpha value is -2.55. The van der Waals surface area contributed by atoms with Crippen LogP contribution in [0.5, 0.6) is 5.75 Å². The minimum absolute atomic E-state index is 0.234. The number of morpholine rings is 1. The van der Waals surface area contributed by atoms with Crippen molar-refractivity contribution in [2.75, 3.05) is 26.3 Å². The quantitative estimate of drug-likeness (QED) is 0.771. The van der Waals surface area contributed by atoms with Crippen molar-refractivity contribution in [1.29, 1.82) is 0 Å². The predicted molar refractivity (Wildman–Crippen MR) is 108 cm³/mol. The van der Waals surface area contributed by atoms with Gasteiger partial charge in [0.05, 0.1) is 30.9 Å². The Bertz CT molecular complexity index is 890. The summed E-state index contributed by atoms with van der Waals surface area (Å²) in [6.07, 6.45) is 0.641. The number of aromatic nitrogens is 1. The van der Waals surface area contributed by atoms with Crippen molar-refractivity contribution in [2.24, 2.45) is 0 Å². The van der Waals surface area contributed by atoms with E-state index in [1.54, 1.807) is 37.4 Å². The molecule has 2 N–H and O–H groups in total. The molecule has 2 aliphatic rings. The molecule has 0 radical (unpaired) electrons. The third kappa shape index (κ3) is 4.45. The Balaban J connectivity index is 1.54. The molecule has 1 saturated carbocycles. The normalized spacial score (nSPS) is 27.0. The largest absolute Gasteiger partial charge is 0.487 e. The monoisotopic (exact) mass is 415 g/mol. The molecule has 2 fully saturated rings. The van der Waals surface area contributed by atoms with Gasteiger partial charge in [0.2, 0.25) is 0 Å². The van der Waals surface area contributed by atoms with Gasteiger partial charge in [-0.15, -0.1) is 0 Å². The summed E-state index contributed by atoms with van der Waals surface area (Å²) in [5.74, 6) is -0.279. The Morgan fingerprint density at radius 3 is 2.83 bits per heavy atom. The molecule has 1 amide bonds. The number of halogens is 1.